The van der Waals surface area contributed by atoms with E-state index in [2.05, 4.69) is 4.98 Å². The average Bonchev–Trinajstić information content (AvgIpc) is 3.29. The summed E-state index contributed by atoms with van der Waals surface area (Å²) in [6.07, 6.45) is 6.33. The van der Waals surface area contributed by atoms with Crippen LogP contribution >= 0.6 is 0 Å². The van der Waals surface area contributed by atoms with Crippen molar-refractivity contribution in [2.45, 2.75) is 44.2 Å². The quantitative estimate of drug-likeness (QED) is 0.861. The van der Waals surface area contributed by atoms with Crippen molar-refractivity contribution in [3.8, 4) is 5.75 Å². The zero-order chi connectivity index (χ0) is 18.7. The molecule has 1 N–H and O–H groups in total. The molecular weight excluding hydrogens is 330 g/mol. The maximum absolute atomic E-state index is 12.8. The monoisotopic (exact) mass is 357 g/mol. The van der Waals surface area contributed by atoms with Crippen molar-refractivity contribution in [2.24, 2.45) is 7.05 Å². The Balaban J connectivity index is 1.71. The summed E-state index contributed by atoms with van der Waals surface area (Å²) in [4.78, 5) is 18.7. The molecule has 0 aliphatic carbocycles. The number of imidazole rings is 1. The average molecular weight is 357 g/mol. The molecular formula is C20H27N3O3. The highest BCUT2D eigenvalue weighted by Crippen LogP contribution is 2.35. The van der Waals surface area contributed by atoms with E-state index in [4.69, 9.17) is 4.74 Å². The van der Waals surface area contributed by atoms with Gasteiger partial charge in [0.15, 0.2) is 0 Å². The number of amides is 1. The molecule has 2 heterocycles. The first-order chi connectivity index (χ1) is 12.4. The minimum Gasteiger partial charge on any atom is -0.497 e. The van der Waals surface area contributed by atoms with E-state index in [9.17, 15) is 9.90 Å². The van der Waals surface area contributed by atoms with Crippen LogP contribution in [0.5, 0.6) is 5.75 Å². The van der Waals surface area contributed by atoms with Crippen LogP contribution in [-0.2, 0) is 23.9 Å². The number of aliphatic hydroxyl groups is 1. The van der Waals surface area contributed by atoms with Gasteiger partial charge in [0.05, 0.1) is 19.5 Å². The number of carbonyl (C=O) groups is 1. The Kier molecular flexibility index (Phi) is 5.32. The van der Waals surface area contributed by atoms with Gasteiger partial charge in [-0.3, -0.25) is 4.79 Å². The largest absolute Gasteiger partial charge is 0.497 e. The Bertz CT molecular complexity index is 752. The highest BCUT2D eigenvalue weighted by molar-refractivity contribution is 5.77. The first-order valence-corrected chi connectivity index (χ1v) is 9.05. The van der Waals surface area contributed by atoms with Crippen LogP contribution in [0.3, 0.4) is 0 Å². The second-order valence-corrected chi connectivity index (χ2v) is 7.12. The van der Waals surface area contributed by atoms with Crippen LogP contribution in [0.1, 0.15) is 37.4 Å². The summed E-state index contributed by atoms with van der Waals surface area (Å²) >= 11 is 0. The Labute approximate surface area is 154 Å². The van der Waals surface area contributed by atoms with E-state index in [1.807, 2.05) is 40.8 Å². The second kappa shape index (κ2) is 7.50. The molecule has 6 heteroatoms. The molecule has 6 nitrogen and oxygen atoms in total. The predicted octanol–water partition coefficient (Wildman–Crippen LogP) is 2.26. The molecule has 2 atom stereocenters. The minimum atomic E-state index is -1.09. The molecule has 140 valence electrons. The third-order valence-corrected chi connectivity index (χ3v) is 5.41. The zero-order valence-corrected chi connectivity index (χ0v) is 15.7. The Morgan fingerprint density at radius 1 is 1.38 bits per heavy atom. The third kappa shape index (κ3) is 3.60. The van der Waals surface area contributed by atoms with Gasteiger partial charge < -0.3 is 19.3 Å². The lowest BCUT2D eigenvalue weighted by molar-refractivity contribution is -0.137. The maximum atomic E-state index is 12.8. The van der Waals surface area contributed by atoms with E-state index in [-0.39, 0.29) is 11.9 Å². The number of rotatable bonds is 6. The molecule has 1 saturated heterocycles. The van der Waals surface area contributed by atoms with E-state index in [1.165, 1.54) is 0 Å². The van der Waals surface area contributed by atoms with E-state index in [0.717, 1.165) is 29.8 Å². The van der Waals surface area contributed by atoms with Gasteiger partial charge >= 0.3 is 0 Å². The van der Waals surface area contributed by atoms with Gasteiger partial charge in [0.1, 0.15) is 11.4 Å². The summed E-state index contributed by atoms with van der Waals surface area (Å²) in [6, 6.07) is 7.21. The molecule has 0 radical (unpaired) electrons. The normalized spacial score (nSPS) is 19.4. The molecule has 0 bridgehead atoms. The smallest absolute Gasteiger partial charge is 0.223 e. The molecule has 3 rings (SSSR count). The molecule has 1 aromatic carbocycles. The highest BCUT2D eigenvalue weighted by Gasteiger charge is 2.42. The van der Waals surface area contributed by atoms with Gasteiger partial charge in [0.2, 0.25) is 5.91 Å². The number of carbonyl (C=O) groups excluding carboxylic acids is 1. The molecule has 0 saturated carbocycles. The lowest BCUT2D eigenvalue weighted by Crippen LogP contribution is -2.48. The van der Waals surface area contributed by atoms with E-state index in [0.29, 0.717) is 19.4 Å². The van der Waals surface area contributed by atoms with Gasteiger partial charge in [0.25, 0.3) is 0 Å². The number of aromatic nitrogens is 2. The first kappa shape index (κ1) is 18.5. The number of nitrogens with zero attached hydrogens (tertiary/aromatic N) is 3. The predicted molar refractivity (Wildman–Crippen MR) is 98.8 cm³/mol. The number of methoxy groups -OCH3 is 1. The van der Waals surface area contributed by atoms with Crippen LogP contribution in [0, 0.1) is 0 Å². The fourth-order valence-electron chi connectivity index (χ4n) is 3.77. The lowest BCUT2D eigenvalue weighted by Gasteiger charge is -2.37. The summed E-state index contributed by atoms with van der Waals surface area (Å²) in [7, 11) is 3.55. The third-order valence-electron chi connectivity index (χ3n) is 5.41. The van der Waals surface area contributed by atoms with Gasteiger partial charge in [-0.15, -0.1) is 0 Å². The number of benzene rings is 1. The molecule has 26 heavy (non-hydrogen) atoms. The highest BCUT2D eigenvalue weighted by atomic mass is 16.5. The van der Waals surface area contributed by atoms with Crippen LogP contribution < -0.4 is 4.74 Å². The zero-order valence-electron chi connectivity index (χ0n) is 15.7. The van der Waals surface area contributed by atoms with Crippen molar-refractivity contribution in [1.82, 2.24) is 14.5 Å². The van der Waals surface area contributed by atoms with Gasteiger partial charge in [0, 0.05) is 31.9 Å². The van der Waals surface area contributed by atoms with Crippen LogP contribution in [0.2, 0.25) is 0 Å². The van der Waals surface area contributed by atoms with Crippen LogP contribution in [0.25, 0.3) is 0 Å². The molecule has 2 aromatic rings. The van der Waals surface area contributed by atoms with Gasteiger partial charge in [-0.05, 0) is 43.9 Å². The van der Waals surface area contributed by atoms with E-state index >= 15 is 0 Å². The molecule has 1 fully saturated rings. The van der Waals surface area contributed by atoms with Crippen molar-refractivity contribution in [1.29, 1.82) is 0 Å². The van der Waals surface area contributed by atoms with E-state index < -0.39 is 5.60 Å². The van der Waals surface area contributed by atoms with Gasteiger partial charge in [-0.2, -0.15) is 0 Å². The van der Waals surface area contributed by atoms with Crippen LogP contribution in [0.4, 0.5) is 0 Å². The number of hydrogen-bond donors (Lipinski definition) is 1. The van der Waals surface area contributed by atoms with E-state index in [1.54, 1.807) is 26.6 Å². The first-order valence-electron chi connectivity index (χ1n) is 9.05. The fraction of sp³-hybridized carbons (Fsp3) is 0.500. The Morgan fingerprint density at radius 3 is 2.73 bits per heavy atom. The summed E-state index contributed by atoms with van der Waals surface area (Å²) in [5.41, 5.74) is 0.746. The van der Waals surface area contributed by atoms with Crippen molar-refractivity contribution in [3.05, 3.63) is 48.0 Å². The van der Waals surface area contributed by atoms with Gasteiger partial charge in [-0.25, -0.2) is 4.98 Å². The Morgan fingerprint density at radius 2 is 2.12 bits per heavy atom. The van der Waals surface area contributed by atoms with Crippen molar-refractivity contribution < 1.29 is 14.6 Å². The molecule has 1 aromatic heterocycles. The van der Waals surface area contributed by atoms with Crippen molar-refractivity contribution in [3.63, 3.8) is 0 Å². The summed E-state index contributed by atoms with van der Waals surface area (Å²) < 4.78 is 7.12. The topological polar surface area (TPSA) is 67.6 Å². The maximum Gasteiger partial charge on any atom is 0.223 e. The summed E-state index contributed by atoms with van der Waals surface area (Å²) in [5.74, 6) is 0.836. The fourth-order valence-corrected chi connectivity index (χ4v) is 3.77. The van der Waals surface area contributed by atoms with Crippen molar-refractivity contribution in [2.75, 3.05) is 13.7 Å². The summed E-state index contributed by atoms with van der Waals surface area (Å²) in [5, 5.41) is 11.2. The standard InChI is InChI=1S/C20H27N3O3/c1-20(25,15-6-9-17(26-3)10-7-15)18-5-4-12-23(18)19(24)11-8-16-13-21-14-22(16)2/h6-7,9-10,13-14,18,25H,4-5,8,11-12H2,1-3H3/t18-,20-/m0/s1. The van der Waals surface area contributed by atoms with Crippen LogP contribution in [0.15, 0.2) is 36.8 Å². The number of aryl methyl sites for hydroxylation is 2. The molecule has 1 aliphatic heterocycles. The van der Waals surface area contributed by atoms with Crippen molar-refractivity contribution >= 4 is 5.91 Å². The molecule has 1 amide bonds. The van der Waals surface area contributed by atoms with Crippen LogP contribution in [-0.4, -0.2) is 45.2 Å². The summed E-state index contributed by atoms with van der Waals surface area (Å²) in [6.45, 7) is 2.49. The second-order valence-electron chi connectivity index (χ2n) is 7.12. The molecule has 0 unspecified atom stereocenters. The SMILES string of the molecule is COc1ccc([C@](C)(O)[C@@H]2CCCN2C(=O)CCc2cncn2C)cc1. The minimum absolute atomic E-state index is 0.0856. The number of hydrogen-bond acceptors (Lipinski definition) is 4. The lowest BCUT2D eigenvalue weighted by atomic mass is 9.86. The molecule has 1 aliphatic rings. The number of likely N-dealkylation sites (tertiary alicyclic amines) is 1. The number of ether oxygens (including phenoxy) is 1. The molecule has 0 spiro atoms. The Hall–Kier alpha value is -2.34. The van der Waals surface area contributed by atoms with Gasteiger partial charge in [-0.1, -0.05) is 12.1 Å².